The van der Waals surface area contributed by atoms with Crippen LogP contribution in [-0.4, -0.2) is 21.3 Å². The van der Waals surface area contributed by atoms with E-state index in [4.69, 9.17) is 9.52 Å². The van der Waals surface area contributed by atoms with Gasteiger partial charge >= 0.3 is 5.97 Å². The van der Waals surface area contributed by atoms with E-state index in [-0.39, 0.29) is 5.56 Å². The first-order valence-electron chi connectivity index (χ1n) is 6.98. The van der Waals surface area contributed by atoms with Gasteiger partial charge in [-0.2, -0.15) is 0 Å². The van der Waals surface area contributed by atoms with Crippen LogP contribution in [0.3, 0.4) is 0 Å². The van der Waals surface area contributed by atoms with Crippen LogP contribution in [0.2, 0.25) is 0 Å². The second-order valence-corrected chi connectivity index (χ2v) is 5.15. The van der Waals surface area contributed by atoms with Crippen molar-refractivity contribution in [2.75, 3.05) is 0 Å². The van der Waals surface area contributed by atoms with E-state index in [2.05, 4.69) is 16.8 Å². The Hall–Kier alpha value is -3.21. The summed E-state index contributed by atoms with van der Waals surface area (Å²) in [5, 5.41) is 17.0. The second kappa shape index (κ2) is 5.88. The molecule has 23 heavy (non-hydrogen) atoms. The van der Waals surface area contributed by atoms with Crippen LogP contribution in [0, 0.1) is 0 Å². The Morgan fingerprint density at radius 3 is 1.74 bits per heavy atom. The number of hydrogen-bond donors (Lipinski definition) is 1. The Morgan fingerprint density at radius 2 is 1.35 bits per heavy atom. The van der Waals surface area contributed by atoms with Gasteiger partial charge in [0, 0.05) is 11.1 Å². The maximum Gasteiger partial charge on any atom is 0.335 e. The molecule has 5 nitrogen and oxygen atoms in total. The van der Waals surface area contributed by atoms with E-state index in [1.54, 1.807) is 12.1 Å². The van der Waals surface area contributed by atoms with Crippen molar-refractivity contribution in [3.8, 4) is 22.9 Å². The molecule has 114 valence electrons. The summed E-state index contributed by atoms with van der Waals surface area (Å²) in [6.45, 7) is 5.84. The minimum absolute atomic E-state index is 0.212. The maximum atomic E-state index is 10.9. The Kier molecular flexibility index (Phi) is 3.76. The molecule has 0 fully saturated rings. The lowest BCUT2D eigenvalue weighted by molar-refractivity contribution is 0.0697. The highest BCUT2D eigenvalue weighted by Gasteiger charge is 2.11. The van der Waals surface area contributed by atoms with Crippen LogP contribution < -0.4 is 0 Å². The van der Waals surface area contributed by atoms with Gasteiger partial charge in [0.05, 0.1) is 5.56 Å². The number of rotatable bonds is 4. The number of carbonyl (C=O) groups is 1. The van der Waals surface area contributed by atoms with Crippen molar-refractivity contribution in [1.82, 2.24) is 10.2 Å². The number of carboxylic acid groups (broad SMARTS) is 1. The van der Waals surface area contributed by atoms with Crippen molar-refractivity contribution in [3.63, 3.8) is 0 Å². The van der Waals surface area contributed by atoms with Crippen LogP contribution in [0.15, 0.2) is 59.5 Å². The van der Waals surface area contributed by atoms with Crippen LogP contribution >= 0.6 is 0 Å². The van der Waals surface area contributed by atoms with Gasteiger partial charge in [0.15, 0.2) is 0 Å². The molecule has 1 heterocycles. The molecular formula is C18H14N2O3. The summed E-state index contributed by atoms with van der Waals surface area (Å²) in [4.78, 5) is 10.9. The van der Waals surface area contributed by atoms with Gasteiger partial charge in [0.1, 0.15) is 0 Å². The predicted octanol–water partition coefficient (Wildman–Crippen LogP) is 4.13. The van der Waals surface area contributed by atoms with Crippen LogP contribution in [0.5, 0.6) is 0 Å². The van der Waals surface area contributed by atoms with E-state index in [1.807, 2.05) is 31.2 Å². The fourth-order valence-corrected chi connectivity index (χ4v) is 2.11. The van der Waals surface area contributed by atoms with Crippen molar-refractivity contribution < 1.29 is 14.3 Å². The van der Waals surface area contributed by atoms with Crippen LogP contribution in [0.25, 0.3) is 28.5 Å². The van der Waals surface area contributed by atoms with E-state index in [9.17, 15) is 4.79 Å². The van der Waals surface area contributed by atoms with Gasteiger partial charge in [0.25, 0.3) is 0 Å². The minimum atomic E-state index is -0.972. The largest absolute Gasteiger partial charge is 0.478 e. The number of benzene rings is 2. The number of hydrogen-bond acceptors (Lipinski definition) is 4. The molecule has 5 heteroatoms. The first kappa shape index (κ1) is 14.7. The average molecular weight is 306 g/mol. The van der Waals surface area contributed by atoms with Gasteiger partial charge in [-0.15, -0.1) is 10.2 Å². The zero-order valence-corrected chi connectivity index (χ0v) is 12.5. The highest BCUT2D eigenvalue weighted by atomic mass is 16.4. The highest BCUT2D eigenvalue weighted by molar-refractivity contribution is 5.88. The third kappa shape index (κ3) is 3.03. The number of nitrogens with zero attached hydrogens (tertiary/aromatic N) is 2. The molecule has 0 aliphatic rings. The van der Waals surface area contributed by atoms with Crippen LogP contribution in [0.1, 0.15) is 22.8 Å². The quantitative estimate of drug-likeness (QED) is 0.784. The van der Waals surface area contributed by atoms with E-state index in [0.717, 1.165) is 16.7 Å². The maximum absolute atomic E-state index is 10.9. The Labute approximate surface area is 132 Å². The molecule has 1 N–H and O–H groups in total. The third-order valence-electron chi connectivity index (χ3n) is 3.43. The predicted molar refractivity (Wildman–Crippen MR) is 86.8 cm³/mol. The fourth-order valence-electron chi connectivity index (χ4n) is 2.11. The second-order valence-electron chi connectivity index (χ2n) is 5.15. The minimum Gasteiger partial charge on any atom is -0.478 e. The molecule has 0 bridgehead atoms. The molecule has 0 radical (unpaired) electrons. The molecule has 3 rings (SSSR count). The molecule has 0 atom stereocenters. The normalized spacial score (nSPS) is 10.5. The lowest BCUT2D eigenvalue weighted by Gasteiger charge is -2.00. The smallest absolute Gasteiger partial charge is 0.335 e. The van der Waals surface area contributed by atoms with Gasteiger partial charge in [0.2, 0.25) is 11.8 Å². The summed E-state index contributed by atoms with van der Waals surface area (Å²) in [6.07, 6.45) is 0. The Bertz CT molecular complexity index is 790. The van der Waals surface area contributed by atoms with Crippen molar-refractivity contribution in [2.45, 2.75) is 6.92 Å². The summed E-state index contributed by atoms with van der Waals surface area (Å²) in [5.74, 6) is -0.211. The van der Waals surface area contributed by atoms with Gasteiger partial charge in [-0.05, 0) is 48.9 Å². The first-order valence-corrected chi connectivity index (χ1v) is 6.98. The summed E-state index contributed by atoms with van der Waals surface area (Å²) < 4.78 is 5.66. The van der Waals surface area contributed by atoms with Crippen LogP contribution in [0.4, 0.5) is 0 Å². The summed E-state index contributed by atoms with van der Waals surface area (Å²) >= 11 is 0. The summed E-state index contributed by atoms with van der Waals surface area (Å²) in [7, 11) is 0. The molecule has 0 aliphatic carbocycles. The van der Waals surface area contributed by atoms with Gasteiger partial charge in [-0.3, -0.25) is 0 Å². The molecule has 0 amide bonds. The SMILES string of the molecule is C=C(C)c1ccc(-c2nnc(-c3ccc(C(=O)O)cc3)o2)cc1. The molecule has 0 unspecified atom stereocenters. The summed E-state index contributed by atoms with van der Waals surface area (Å²) in [6, 6.07) is 14.0. The average Bonchev–Trinajstić information content (AvgIpc) is 3.05. The number of carboxylic acids is 1. The molecule has 3 aromatic rings. The van der Waals surface area contributed by atoms with E-state index in [0.29, 0.717) is 17.3 Å². The van der Waals surface area contributed by atoms with Crippen molar-refractivity contribution in [3.05, 3.63) is 66.2 Å². The highest BCUT2D eigenvalue weighted by Crippen LogP contribution is 2.25. The van der Waals surface area contributed by atoms with Crippen molar-refractivity contribution >= 4 is 11.5 Å². The van der Waals surface area contributed by atoms with Crippen LogP contribution in [-0.2, 0) is 0 Å². The zero-order chi connectivity index (χ0) is 16.4. The lowest BCUT2D eigenvalue weighted by Crippen LogP contribution is -1.94. The topological polar surface area (TPSA) is 76.2 Å². The van der Waals surface area contributed by atoms with Gasteiger partial charge in [-0.25, -0.2) is 4.79 Å². The van der Waals surface area contributed by atoms with Gasteiger partial charge in [-0.1, -0.05) is 24.3 Å². The fraction of sp³-hybridized carbons (Fsp3) is 0.0556. The standard InChI is InChI=1S/C18H14N2O3/c1-11(2)12-3-5-13(6-4-12)16-19-20-17(23-16)14-7-9-15(10-8-14)18(21)22/h3-10H,1H2,2H3,(H,21,22). The zero-order valence-electron chi connectivity index (χ0n) is 12.5. The summed E-state index contributed by atoms with van der Waals surface area (Å²) in [5.41, 5.74) is 3.74. The van der Waals surface area contributed by atoms with E-state index in [1.165, 1.54) is 12.1 Å². The molecular weight excluding hydrogens is 292 g/mol. The molecule has 0 saturated carbocycles. The van der Waals surface area contributed by atoms with Gasteiger partial charge < -0.3 is 9.52 Å². The molecule has 1 aromatic heterocycles. The number of allylic oxidation sites excluding steroid dienone is 1. The van der Waals surface area contributed by atoms with E-state index < -0.39 is 5.97 Å². The monoisotopic (exact) mass is 306 g/mol. The number of aromatic carboxylic acids is 1. The third-order valence-corrected chi connectivity index (χ3v) is 3.43. The number of aromatic nitrogens is 2. The Morgan fingerprint density at radius 1 is 0.913 bits per heavy atom. The lowest BCUT2D eigenvalue weighted by atomic mass is 10.1. The molecule has 0 saturated heterocycles. The molecule has 2 aromatic carbocycles. The van der Waals surface area contributed by atoms with Crippen molar-refractivity contribution in [1.29, 1.82) is 0 Å². The van der Waals surface area contributed by atoms with Crippen molar-refractivity contribution in [2.24, 2.45) is 0 Å². The van der Waals surface area contributed by atoms with E-state index >= 15 is 0 Å². The molecule has 0 spiro atoms. The first-order chi connectivity index (χ1) is 11.0. The molecule has 0 aliphatic heterocycles. The Balaban J connectivity index is 1.87.